The van der Waals surface area contributed by atoms with Crippen LogP contribution < -0.4 is 5.32 Å². The Morgan fingerprint density at radius 2 is 2.07 bits per heavy atom. The molecule has 1 aliphatic rings. The normalized spacial score (nSPS) is 14.5. The monoisotopic (exact) mass is 399 g/mol. The first-order valence-electron chi connectivity index (χ1n) is 9.58. The lowest BCUT2D eigenvalue weighted by atomic mass is 10.1. The number of thiophene rings is 1. The summed E-state index contributed by atoms with van der Waals surface area (Å²) in [5, 5.41) is 14.8. The maximum atomic E-state index is 12.9. The number of hydrogen-bond acceptors (Lipinski definition) is 7. The summed E-state index contributed by atoms with van der Waals surface area (Å²) in [6.07, 6.45) is 5.43. The van der Waals surface area contributed by atoms with E-state index in [9.17, 15) is 9.90 Å². The van der Waals surface area contributed by atoms with E-state index in [1.165, 1.54) is 11.3 Å². The summed E-state index contributed by atoms with van der Waals surface area (Å²) in [5.41, 5.74) is 1.99. The summed E-state index contributed by atoms with van der Waals surface area (Å²) < 4.78 is 0.800. The molecule has 1 unspecified atom stereocenters. The average molecular weight is 400 g/mol. The van der Waals surface area contributed by atoms with Gasteiger partial charge in [0.05, 0.1) is 22.9 Å². The van der Waals surface area contributed by atoms with Crippen molar-refractivity contribution in [3.05, 3.63) is 47.2 Å². The van der Waals surface area contributed by atoms with E-state index in [1.807, 2.05) is 42.3 Å². The smallest absolute Gasteiger partial charge is 0.274 e. The molecular weight excluding hydrogens is 374 g/mol. The SMILES string of the molecule is CC.O=C(c1nc(NC(CO)c2cccnc2)nc2ccsc12)N1CCCC1. The molecule has 0 radical (unpaired) electrons. The van der Waals surface area contributed by atoms with Gasteiger partial charge in [-0.2, -0.15) is 0 Å². The van der Waals surface area contributed by atoms with Crippen molar-refractivity contribution in [3.63, 3.8) is 0 Å². The maximum absolute atomic E-state index is 12.9. The largest absolute Gasteiger partial charge is 0.394 e. The fourth-order valence-corrected chi connectivity index (χ4v) is 3.93. The second-order valence-corrected chi connectivity index (χ2v) is 7.11. The number of likely N-dealkylation sites (tertiary alicyclic amines) is 1. The van der Waals surface area contributed by atoms with Crippen LogP contribution in [0.15, 0.2) is 36.0 Å². The summed E-state index contributed by atoms with van der Waals surface area (Å²) in [6, 6.07) is 5.17. The van der Waals surface area contributed by atoms with E-state index in [0.29, 0.717) is 11.6 Å². The second kappa shape index (κ2) is 9.57. The number of pyridine rings is 1. The van der Waals surface area contributed by atoms with Crippen LogP contribution in [0.4, 0.5) is 5.95 Å². The van der Waals surface area contributed by atoms with Crippen molar-refractivity contribution in [2.24, 2.45) is 0 Å². The maximum Gasteiger partial charge on any atom is 0.274 e. The molecule has 2 N–H and O–H groups in total. The number of anilines is 1. The number of carbonyl (C=O) groups excluding carboxylic acids is 1. The minimum Gasteiger partial charge on any atom is -0.394 e. The van der Waals surface area contributed by atoms with Gasteiger partial charge < -0.3 is 15.3 Å². The second-order valence-electron chi connectivity index (χ2n) is 6.20. The van der Waals surface area contributed by atoms with Crippen LogP contribution in [-0.4, -0.2) is 50.6 Å². The van der Waals surface area contributed by atoms with Crippen LogP contribution in [0, 0.1) is 0 Å². The van der Waals surface area contributed by atoms with Crippen molar-refractivity contribution in [2.45, 2.75) is 32.7 Å². The Bertz CT molecular complexity index is 909. The van der Waals surface area contributed by atoms with Crippen LogP contribution in [0.3, 0.4) is 0 Å². The van der Waals surface area contributed by atoms with Crippen LogP contribution in [0.2, 0.25) is 0 Å². The lowest BCUT2D eigenvalue weighted by Crippen LogP contribution is -2.29. The Morgan fingerprint density at radius 3 is 2.75 bits per heavy atom. The molecule has 0 aliphatic carbocycles. The van der Waals surface area contributed by atoms with Gasteiger partial charge in [-0.25, -0.2) is 9.97 Å². The third-order valence-electron chi connectivity index (χ3n) is 4.47. The molecule has 0 spiro atoms. The number of aliphatic hydroxyl groups excluding tert-OH is 1. The first kappa shape index (κ1) is 20.2. The molecule has 8 heteroatoms. The van der Waals surface area contributed by atoms with E-state index < -0.39 is 6.04 Å². The molecule has 4 heterocycles. The van der Waals surface area contributed by atoms with Crippen molar-refractivity contribution < 1.29 is 9.90 Å². The van der Waals surface area contributed by atoms with E-state index in [4.69, 9.17) is 0 Å². The molecule has 1 aliphatic heterocycles. The number of carbonyl (C=O) groups is 1. The van der Waals surface area contributed by atoms with Crippen LogP contribution in [0.25, 0.3) is 10.2 Å². The van der Waals surface area contributed by atoms with Gasteiger partial charge in [0.1, 0.15) is 0 Å². The summed E-state index contributed by atoms with van der Waals surface area (Å²) in [7, 11) is 0. The molecule has 0 saturated carbocycles. The Balaban J connectivity index is 0.00000109. The fourth-order valence-electron chi connectivity index (χ4n) is 3.12. The summed E-state index contributed by atoms with van der Waals surface area (Å²) in [6.45, 7) is 5.41. The number of aliphatic hydroxyl groups is 1. The summed E-state index contributed by atoms with van der Waals surface area (Å²) >= 11 is 1.47. The van der Waals surface area contributed by atoms with Crippen molar-refractivity contribution in [2.75, 3.05) is 25.0 Å². The lowest BCUT2D eigenvalue weighted by molar-refractivity contribution is 0.0789. The Kier molecular flexibility index (Phi) is 6.89. The van der Waals surface area contributed by atoms with Gasteiger partial charge in [0.15, 0.2) is 5.69 Å². The molecule has 1 saturated heterocycles. The number of amides is 1. The third-order valence-corrected chi connectivity index (χ3v) is 5.38. The van der Waals surface area contributed by atoms with E-state index in [2.05, 4.69) is 20.3 Å². The zero-order valence-electron chi connectivity index (χ0n) is 16.1. The summed E-state index contributed by atoms with van der Waals surface area (Å²) in [5.74, 6) is 0.281. The number of fused-ring (bicyclic) bond motifs is 1. The van der Waals surface area contributed by atoms with Crippen LogP contribution >= 0.6 is 11.3 Å². The van der Waals surface area contributed by atoms with E-state index in [1.54, 1.807) is 12.4 Å². The molecule has 4 rings (SSSR count). The minimum absolute atomic E-state index is 0.0534. The fraction of sp³-hybridized carbons (Fsp3) is 0.400. The highest BCUT2D eigenvalue weighted by Crippen LogP contribution is 2.27. The average Bonchev–Trinajstić information content (AvgIpc) is 3.45. The highest BCUT2D eigenvalue weighted by Gasteiger charge is 2.25. The van der Waals surface area contributed by atoms with Crippen molar-refractivity contribution in [1.29, 1.82) is 0 Å². The highest BCUT2D eigenvalue weighted by atomic mass is 32.1. The van der Waals surface area contributed by atoms with Gasteiger partial charge in [-0.3, -0.25) is 9.78 Å². The standard InChI is InChI=1S/C18H19N5O2S.C2H6/c24-11-14(12-4-3-6-19-10-12)21-18-20-13-5-9-26-16(13)15(22-18)17(25)23-7-1-2-8-23;1-2/h3-6,9-10,14,24H,1-2,7-8,11H2,(H,20,21,22);1-2H3. The van der Waals surface area contributed by atoms with Gasteiger partial charge in [-0.1, -0.05) is 19.9 Å². The van der Waals surface area contributed by atoms with Crippen molar-refractivity contribution in [1.82, 2.24) is 19.9 Å². The summed E-state index contributed by atoms with van der Waals surface area (Å²) in [4.78, 5) is 27.8. The molecule has 7 nitrogen and oxygen atoms in total. The Morgan fingerprint density at radius 1 is 1.29 bits per heavy atom. The number of aromatic nitrogens is 3. The molecule has 148 valence electrons. The first-order chi connectivity index (χ1) is 13.8. The molecular formula is C20H25N5O2S. The van der Waals surface area contributed by atoms with Crippen LogP contribution in [0.5, 0.6) is 0 Å². The van der Waals surface area contributed by atoms with Crippen LogP contribution in [-0.2, 0) is 0 Å². The quantitative estimate of drug-likeness (QED) is 0.682. The Hall–Kier alpha value is -2.58. The number of rotatable bonds is 5. The van der Waals surface area contributed by atoms with Gasteiger partial charge in [-0.05, 0) is 35.9 Å². The highest BCUT2D eigenvalue weighted by molar-refractivity contribution is 7.17. The minimum atomic E-state index is -0.394. The molecule has 1 amide bonds. The molecule has 3 aromatic heterocycles. The predicted molar refractivity (Wildman–Crippen MR) is 112 cm³/mol. The molecule has 28 heavy (non-hydrogen) atoms. The number of nitrogens with one attached hydrogen (secondary N) is 1. The molecule has 0 aromatic carbocycles. The van der Waals surface area contributed by atoms with Gasteiger partial charge in [0.2, 0.25) is 5.95 Å². The first-order valence-corrected chi connectivity index (χ1v) is 10.5. The molecule has 1 fully saturated rings. The van der Waals surface area contributed by atoms with Gasteiger partial charge in [0.25, 0.3) is 5.91 Å². The van der Waals surface area contributed by atoms with Gasteiger partial charge in [-0.15, -0.1) is 11.3 Å². The van der Waals surface area contributed by atoms with E-state index in [-0.39, 0.29) is 12.5 Å². The predicted octanol–water partition coefficient (Wildman–Crippen LogP) is 3.49. The van der Waals surface area contributed by atoms with E-state index in [0.717, 1.165) is 41.7 Å². The third kappa shape index (κ3) is 4.28. The molecule has 3 aromatic rings. The van der Waals surface area contributed by atoms with Crippen molar-refractivity contribution in [3.8, 4) is 0 Å². The van der Waals surface area contributed by atoms with Crippen LogP contribution in [0.1, 0.15) is 48.8 Å². The zero-order chi connectivity index (χ0) is 19.9. The molecule has 0 bridgehead atoms. The van der Waals surface area contributed by atoms with Crippen molar-refractivity contribution >= 4 is 33.4 Å². The topological polar surface area (TPSA) is 91.2 Å². The number of hydrogen-bond donors (Lipinski definition) is 2. The Labute approximate surface area is 168 Å². The zero-order valence-corrected chi connectivity index (χ0v) is 16.9. The van der Waals surface area contributed by atoms with E-state index >= 15 is 0 Å². The van der Waals surface area contributed by atoms with Gasteiger partial charge in [0, 0.05) is 25.5 Å². The lowest BCUT2D eigenvalue weighted by Gasteiger charge is -2.18. The molecule has 1 atom stereocenters. The van der Waals surface area contributed by atoms with Gasteiger partial charge >= 0.3 is 0 Å². The number of nitrogens with zero attached hydrogens (tertiary/aromatic N) is 4.